The predicted molar refractivity (Wildman–Crippen MR) is 70.8 cm³/mol. The second-order valence-electron chi connectivity index (χ2n) is 5.15. The van der Waals surface area contributed by atoms with Gasteiger partial charge in [0, 0.05) is 12.7 Å². The van der Waals surface area contributed by atoms with Crippen molar-refractivity contribution in [3.63, 3.8) is 0 Å². The van der Waals surface area contributed by atoms with Crippen LogP contribution in [0.1, 0.15) is 26.0 Å². The lowest BCUT2D eigenvalue weighted by Crippen LogP contribution is -2.32. The maximum atomic E-state index is 11.4. The molecule has 0 aliphatic heterocycles. The maximum Gasteiger partial charge on any atom is 0.311 e. The highest BCUT2D eigenvalue weighted by Crippen LogP contribution is 2.27. The molecule has 0 bridgehead atoms. The van der Waals surface area contributed by atoms with Crippen molar-refractivity contribution in [2.45, 2.75) is 33.7 Å². The van der Waals surface area contributed by atoms with Gasteiger partial charge in [0.1, 0.15) is 0 Å². The van der Waals surface area contributed by atoms with Crippen LogP contribution in [-0.4, -0.2) is 41.1 Å². The minimum atomic E-state index is -0.903. The Morgan fingerprint density at radius 1 is 1.50 bits per heavy atom. The minimum absolute atomic E-state index is 0.218. The zero-order valence-electron chi connectivity index (χ0n) is 12.0. The molecule has 2 heterocycles. The average molecular weight is 278 g/mol. The molecule has 1 N–H and O–H groups in total. The monoisotopic (exact) mass is 278 g/mol. The van der Waals surface area contributed by atoms with Crippen molar-refractivity contribution >= 4 is 5.97 Å². The predicted octanol–water partition coefficient (Wildman–Crippen LogP) is 0.883. The molecule has 0 aliphatic carbocycles. The number of hydrogen-bond donors (Lipinski definition) is 1. The van der Waals surface area contributed by atoms with Gasteiger partial charge in [-0.1, -0.05) is 6.92 Å². The van der Waals surface area contributed by atoms with E-state index in [2.05, 4.69) is 20.6 Å². The fourth-order valence-corrected chi connectivity index (χ4v) is 1.88. The van der Waals surface area contributed by atoms with Crippen molar-refractivity contribution in [2.75, 3.05) is 0 Å². The van der Waals surface area contributed by atoms with E-state index in [1.165, 1.54) is 4.68 Å². The molecular weight excluding hydrogens is 260 g/mol. The van der Waals surface area contributed by atoms with Crippen molar-refractivity contribution in [1.82, 2.24) is 30.0 Å². The first-order chi connectivity index (χ1) is 9.39. The summed E-state index contributed by atoms with van der Waals surface area (Å²) in [5, 5.41) is 25.1. The average Bonchev–Trinajstić information content (AvgIpc) is 2.97. The van der Waals surface area contributed by atoms with E-state index in [1.54, 1.807) is 17.8 Å². The normalized spacial score (nSPS) is 14.2. The van der Waals surface area contributed by atoms with Gasteiger partial charge in [-0.3, -0.25) is 9.48 Å². The number of carboxylic acids is 1. The summed E-state index contributed by atoms with van der Waals surface area (Å²) in [7, 11) is 1.83. The molecule has 2 aromatic heterocycles. The molecule has 8 nitrogen and oxygen atoms in total. The quantitative estimate of drug-likeness (QED) is 0.871. The van der Waals surface area contributed by atoms with Crippen LogP contribution in [0.4, 0.5) is 0 Å². The number of aliphatic carboxylic acids is 1. The van der Waals surface area contributed by atoms with Crippen molar-refractivity contribution in [3.05, 3.63) is 11.9 Å². The van der Waals surface area contributed by atoms with E-state index in [1.807, 2.05) is 20.9 Å². The Labute approximate surface area is 116 Å². The summed E-state index contributed by atoms with van der Waals surface area (Å²) < 4.78 is 3.26. The number of aryl methyl sites for hydroxylation is 1. The highest BCUT2D eigenvalue weighted by Gasteiger charge is 2.33. The van der Waals surface area contributed by atoms with Gasteiger partial charge in [0.15, 0.2) is 5.82 Å². The number of carbonyl (C=O) groups is 1. The third kappa shape index (κ3) is 2.28. The zero-order valence-corrected chi connectivity index (χ0v) is 12.0. The summed E-state index contributed by atoms with van der Waals surface area (Å²) in [5.74, 6) is -0.319. The summed E-state index contributed by atoms with van der Waals surface area (Å²) in [6.07, 6.45) is 2.18. The molecule has 1 unspecified atom stereocenters. The minimum Gasteiger partial charge on any atom is -0.481 e. The van der Waals surface area contributed by atoms with E-state index in [4.69, 9.17) is 0 Å². The lowest BCUT2D eigenvalue weighted by atomic mass is 9.88. The summed E-state index contributed by atoms with van der Waals surface area (Å²) in [5.41, 5.74) is 0.830. The molecule has 1 atom stereocenters. The van der Waals surface area contributed by atoms with Crippen molar-refractivity contribution < 1.29 is 9.90 Å². The van der Waals surface area contributed by atoms with Crippen molar-refractivity contribution in [3.8, 4) is 11.4 Å². The SMILES string of the molecule is CCC(C)(Cn1nnnc1-c1cnn(C)c1C)C(=O)O. The third-order valence-corrected chi connectivity index (χ3v) is 3.80. The number of rotatable bonds is 5. The molecule has 0 aliphatic rings. The lowest BCUT2D eigenvalue weighted by molar-refractivity contribution is -0.149. The number of hydrogen-bond acceptors (Lipinski definition) is 5. The van der Waals surface area contributed by atoms with Crippen LogP contribution >= 0.6 is 0 Å². The lowest BCUT2D eigenvalue weighted by Gasteiger charge is -2.22. The van der Waals surface area contributed by atoms with Crippen LogP contribution in [-0.2, 0) is 18.4 Å². The van der Waals surface area contributed by atoms with E-state index in [0.29, 0.717) is 12.2 Å². The Hall–Kier alpha value is -2.25. The Balaban J connectivity index is 2.39. The van der Waals surface area contributed by atoms with Gasteiger partial charge in [0.2, 0.25) is 0 Å². The second kappa shape index (κ2) is 5.03. The highest BCUT2D eigenvalue weighted by atomic mass is 16.4. The Morgan fingerprint density at radius 2 is 2.20 bits per heavy atom. The van der Waals surface area contributed by atoms with Crippen molar-refractivity contribution in [2.24, 2.45) is 12.5 Å². The summed E-state index contributed by atoms with van der Waals surface area (Å²) in [6, 6.07) is 0. The Morgan fingerprint density at radius 3 is 2.70 bits per heavy atom. The van der Waals surface area contributed by atoms with E-state index >= 15 is 0 Å². The van der Waals surface area contributed by atoms with Crippen LogP contribution in [0.2, 0.25) is 0 Å². The zero-order chi connectivity index (χ0) is 14.9. The molecule has 0 amide bonds. The first kappa shape index (κ1) is 14.2. The van der Waals surface area contributed by atoms with Gasteiger partial charge in [-0.2, -0.15) is 5.10 Å². The first-order valence-electron chi connectivity index (χ1n) is 6.37. The molecule has 0 saturated carbocycles. The van der Waals surface area contributed by atoms with Crippen LogP contribution in [0.5, 0.6) is 0 Å². The summed E-state index contributed by atoms with van der Waals surface area (Å²) in [6.45, 7) is 5.66. The fraction of sp³-hybridized carbons (Fsp3) is 0.583. The standard InChI is InChI=1S/C12H18N6O2/c1-5-12(3,11(19)20)7-18-10(14-15-16-18)9-6-13-17(4)8(9)2/h6H,5,7H2,1-4H3,(H,19,20). The number of carboxylic acid groups (broad SMARTS) is 1. The maximum absolute atomic E-state index is 11.4. The van der Waals surface area contributed by atoms with E-state index in [-0.39, 0.29) is 6.54 Å². The molecule has 0 aromatic carbocycles. The van der Waals surface area contributed by atoms with E-state index in [0.717, 1.165) is 11.3 Å². The molecule has 108 valence electrons. The van der Waals surface area contributed by atoms with E-state index in [9.17, 15) is 9.90 Å². The van der Waals surface area contributed by atoms with Crippen LogP contribution < -0.4 is 0 Å². The van der Waals surface area contributed by atoms with E-state index < -0.39 is 11.4 Å². The molecule has 20 heavy (non-hydrogen) atoms. The first-order valence-corrected chi connectivity index (χ1v) is 6.37. The smallest absolute Gasteiger partial charge is 0.311 e. The summed E-state index contributed by atoms with van der Waals surface area (Å²) in [4.78, 5) is 11.4. The van der Waals surface area contributed by atoms with Gasteiger partial charge >= 0.3 is 5.97 Å². The van der Waals surface area contributed by atoms with Crippen LogP contribution in [0.25, 0.3) is 11.4 Å². The fourth-order valence-electron chi connectivity index (χ4n) is 1.88. The number of nitrogens with zero attached hydrogens (tertiary/aromatic N) is 6. The van der Waals surface area contributed by atoms with Crippen LogP contribution in [0.15, 0.2) is 6.20 Å². The second-order valence-corrected chi connectivity index (χ2v) is 5.15. The largest absolute Gasteiger partial charge is 0.481 e. The van der Waals surface area contributed by atoms with Crippen LogP contribution in [0.3, 0.4) is 0 Å². The molecule has 2 aromatic rings. The van der Waals surface area contributed by atoms with Gasteiger partial charge < -0.3 is 5.11 Å². The molecule has 0 fully saturated rings. The molecule has 8 heteroatoms. The Bertz CT molecular complexity index is 632. The van der Waals surface area contributed by atoms with Gasteiger partial charge in [-0.25, -0.2) is 4.68 Å². The number of tetrazole rings is 1. The molecule has 0 saturated heterocycles. The topological polar surface area (TPSA) is 98.7 Å². The third-order valence-electron chi connectivity index (χ3n) is 3.80. The molecular formula is C12H18N6O2. The van der Waals surface area contributed by atoms with Gasteiger partial charge in [0.05, 0.1) is 23.7 Å². The van der Waals surface area contributed by atoms with Crippen LogP contribution in [0, 0.1) is 12.3 Å². The molecule has 0 spiro atoms. The highest BCUT2D eigenvalue weighted by molar-refractivity contribution is 5.74. The van der Waals surface area contributed by atoms with Gasteiger partial charge in [-0.15, -0.1) is 5.10 Å². The Kier molecular flexibility index (Phi) is 3.56. The number of aromatic nitrogens is 6. The van der Waals surface area contributed by atoms with Crippen molar-refractivity contribution in [1.29, 1.82) is 0 Å². The summed E-state index contributed by atoms with van der Waals surface area (Å²) >= 11 is 0. The molecule has 0 radical (unpaired) electrons. The van der Waals surface area contributed by atoms with Gasteiger partial charge in [0.25, 0.3) is 0 Å². The van der Waals surface area contributed by atoms with Gasteiger partial charge in [-0.05, 0) is 30.7 Å². The molecule has 2 rings (SSSR count).